The van der Waals surface area contributed by atoms with Crippen molar-refractivity contribution in [2.75, 3.05) is 0 Å². The lowest BCUT2D eigenvalue weighted by Gasteiger charge is -2.36. The number of aryl methyl sites for hydroxylation is 4. The van der Waals surface area contributed by atoms with Crippen LogP contribution in [0.5, 0.6) is 0 Å². The van der Waals surface area contributed by atoms with E-state index in [0.29, 0.717) is 11.3 Å². The second-order valence-corrected chi connectivity index (χ2v) is 14.7. The molecule has 0 aliphatic carbocycles. The summed E-state index contributed by atoms with van der Waals surface area (Å²) in [5.41, 5.74) is 6.37. The fraction of sp³-hybridized carbons (Fsp3) is 0.250. The lowest BCUT2D eigenvalue weighted by atomic mass is 10.2. The van der Waals surface area contributed by atoms with E-state index in [1.54, 1.807) is 0 Å². The smallest absolute Gasteiger partial charge is 0.00861 e. The van der Waals surface area contributed by atoms with Crippen LogP contribution in [0.1, 0.15) is 36.1 Å². The zero-order valence-electron chi connectivity index (χ0n) is 21.3. The minimum Gasteiger partial charge on any atom is -0.0587 e. The predicted molar refractivity (Wildman–Crippen MR) is 156 cm³/mol. The first-order valence-electron chi connectivity index (χ1n) is 12.2. The lowest BCUT2D eigenvalue weighted by Crippen LogP contribution is -2.31. The van der Waals surface area contributed by atoms with Crippen LogP contribution in [0.15, 0.2) is 97.1 Å². The number of rotatable bonds is 7. The second kappa shape index (κ2) is 11.0. The highest BCUT2D eigenvalue weighted by Gasteiger charge is 2.32. The molecule has 34 heavy (non-hydrogen) atoms. The Morgan fingerprint density at radius 1 is 0.353 bits per heavy atom. The summed E-state index contributed by atoms with van der Waals surface area (Å²) in [4.78, 5) is 0. The van der Waals surface area contributed by atoms with Crippen molar-refractivity contribution in [2.45, 2.75) is 52.9 Å². The number of benzene rings is 4. The molecule has 0 heterocycles. The van der Waals surface area contributed by atoms with Crippen molar-refractivity contribution in [1.29, 1.82) is 0 Å². The van der Waals surface area contributed by atoms with Gasteiger partial charge in [-0.05, 0) is 76.1 Å². The molecule has 0 spiro atoms. The summed E-state index contributed by atoms with van der Waals surface area (Å²) in [5, 5.41) is 5.91. The Hall–Kier alpha value is -2.26. The maximum absolute atomic E-state index is 2.49. The van der Waals surface area contributed by atoms with Crippen molar-refractivity contribution in [2.24, 2.45) is 0 Å². The third kappa shape index (κ3) is 5.68. The normalized spacial score (nSPS) is 13.3. The van der Waals surface area contributed by atoms with Gasteiger partial charge in [0.25, 0.3) is 0 Å². The highest BCUT2D eigenvalue weighted by molar-refractivity contribution is 7.77. The summed E-state index contributed by atoms with van der Waals surface area (Å²) >= 11 is 0. The van der Waals surface area contributed by atoms with Gasteiger partial charge in [0.05, 0.1) is 0 Å². The summed E-state index contributed by atoms with van der Waals surface area (Å²) in [7, 11) is -0.971. The Labute approximate surface area is 209 Å². The maximum atomic E-state index is 2.49. The minimum atomic E-state index is -0.486. The van der Waals surface area contributed by atoms with Crippen LogP contribution in [-0.2, 0) is 0 Å². The van der Waals surface area contributed by atoms with Gasteiger partial charge in [-0.2, -0.15) is 0 Å². The highest BCUT2D eigenvalue weighted by atomic mass is 31.1. The molecule has 0 bridgehead atoms. The van der Waals surface area contributed by atoms with Crippen molar-refractivity contribution in [3.8, 4) is 0 Å². The Balaban J connectivity index is 1.79. The summed E-state index contributed by atoms with van der Waals surface area (Å²) in [6.07, 6.45) is 0. The summed E-state index contributed by atoms with van der Waals surface area (Å²) in [6.45, 7) is 13.7. The SMILES string of the molecule is Cc1ccc(P(c2ccc(C)cc2)[C@@H](C)[C@H](C)P(c2ccc(C)cc2)c2ccc(C)cc2)cc1. The van der Waals surface area contributed by atoms with Gasteiger partial charge < -0.3 is 0 Å². The van der Waals surface area contributed by atoms with Crippen LogP contribution in [0, 0.1) is 27.7 Å². The van der Waals surface area contributed by atoms with Gasteiger partial charge in [-0.1, -0.05) is 133 Å². The first kappa shape index (κ1) is 24.9. The molecule has 0 saturated heterocycles. The topological polar surface area (TPSA) is 0 Å². The van der Waals surface area contributed by atoms with Crippen molar-refractivity contribution in [3.05, 3.63) is 119 Å². The molecule has 2 heteroatoms. The Kier molecular flexibility index (Phi) is 8.03. The average Bonchev–Trinajstić information content (AvgIpc) is 2.84. The number of hydrogen-bond donors (Lipinski definition) is 0. The van der Waals surface area contributed by atoms with Gasteiger partial charge >= 0.3 is 0 Å². The van der Waals surface area contributed by atoms with Gasteiger partial charge in [-0.25, -0.2) is 0 Å². The molecular formula is C32H36P2. The molecule has 4 rings (SSSR count). The molecule has 0 amide bonds. The van der Waals surface area contributed by atoms with E-state index < -0.39 is 15.8 Å². The van der Waals surface area contributed by atoms with Crippen LogP contribution in [0.2, 0.25) is 0 Å². The molecule has 174 valence electrons. The quantitative estimate of drug-likeness (QED) is 0.243. The van der Waals surface area contributed by atoms with Crippen molar-refractivity contribution in [1.82, 2.24) is 0 Å². The van der Waals surface area contributed by atoms with Gasteiger partial charge in [0.15, 0.2) is 0 Å². The summed E-state index contributed by atoms with van der Waals surface area (Å²) < 4.78 is 0. The first-order chi connectivity index (χ1) is 16.3. The second-order valence-electron chi connectivity index (χ2n) is 9.56. The zero-order valence-corrected chi connectivity index (χ0v) is 23.1. The molecule has 4 aromatic rings. The molecule has 0 nitrogen and oxygen atoms in total. The molecule has 0 fully saturated rings. The molecule has 0 aliphatic rings. The van der Waals surface area contributed by atoms with Crippen LogP contribution in [0.4, 0.5) is 0 Å². The monoisotopic (exact) mass is 482 g/mol. The Bertz CT molecular complexity index is 1000. The summed E-state index contributed by atoms with van der Waals surface area (Å²) in [5.74, 6) is 0. The van der Waals surface area contributed by atoms with Crippen LogP contribution in [-0.4, -0.2) is 11.3 Å². The predicted octanol–water partition coefficient (Wildman–Crippen LogP) is 7.26. The third-order valence-electron chi connectivity index (χ3n) is 6.76. The largest absolute Gasteiger partial charge is 0.0587 e. The molecule has 2 atom stereocenters. The van der Waals surface area contributed by atoms with E-state index >= 15 is 0 Å². The van der Waals surface area contributed by atoms with E-state index in [1.807, 2.05) is 0 Å². The van der Waals surface area contributed by atoms with Crippen molar-refractivity contribution in [3.63, 3.8) is 0 Å². The van der Waals surface area contributed by atoms with Crippen LogP contribution >= 0.6 is 15.8 Å². The minimum absolute atomic E-state index is 0.486. The van der Waals surface area contributed by atoms with Gasteiger partial charge in [0.2, 0.25) is 0 Å². The van der Waals surface area contributed by atoms with E-state index in [9.17, 15) is 0 Å². The zero-order chi connectivity index (χ0) is 24.2. The molecule has 0 aromatic heterocycles. The molecule has 0 aliphatic heterocycles. The molecule has 4 aromatic carbocycles. The van der Waals surface area contributed by atoms with Crippen LogP contribution in [0.3, 0.4) is 0 Å². The van der Waals surface area contributed by atoms with E-state index in [4.69, 9.17) is 0 Å². The first-order valence-corrected chi connectivity index (χ1v) is 15.0. The van der Waals surface area contributed by atoms with Crippen LogP contribution < -0.4 is 21.2 Å². The standard InChI is InChI=1S/C32H36P2/c1-23-7-15-29(16-8-23)33(30-17-9-24(2)10-18-30)27(5)28(6)34(31-19-11-25(3)12-20-31)32-21-13-26(4)14-22-32/h7-22,27-28H,1-6H3/t27-,28-/m0/s1. The number of hydrogen-bond acceptors (Lipinski definition) is 0. The van der Waals surface area contributed by atoms with Crippen molar-refractivity contribution < 1.29 is 0 Å². The van der Waals surface area contributed by atoms with Gasteiger partial charge in [-0.3, -0.25) is 0 Å². The maximum Gasteiger partial charge on any atom is -0.00861 e. The molecule has 0 N–H and O–H groups in total. The molecular weight excluding hydrogens is 446 g/mol. The highest BCUT2D eigenvalue weighted by Crippen LogP contribution is 2.51. The van der Waals surface area contributed by atoms with E-state index in [0.717, 1.165) is 0 Å². The summed E-state index contributed by atoms with van der Waals surface area (Å²) in [6, 6.07) is 37.1. The molecule has 0 saturated carbocycles. The van der Waals surface area contributed by atoms with E-state index in [-0.39, 0.29) is 0 Å². The van der Waals surface area contributed by atoms with E-state index in [1.165, 1.54) is 43.5 Å². The fourth-order valence-electron chi connectivity index (χ4n) is 4.49. The third-order valence-corrected chi connectivity index (χ3v) is 12.9. The van der Waals surface area contributed by atoms with E-state index in [2.05, 4.69) is 139 Å². The Morgan fingerprint density at radius 3 is 0.706 bits per heavy atom. The van der Waals surface area contributed by atoms with Gasteiger partial charge in [0, 0.05) is 0 Å². The van der Waals surface area contributed by atoms with Crippen molar-refractivity contribution >= 4 is 37.1 Å². The fourth-order valence-corrected chi connectivity index (χ4v) is 10.5. The Morgan fingerprint density at radius 2 is 0.529 bits per heavy atom. The lowest BCUT2D eigenvalue weighted by molar-refractivity contribution is 0.912. The molecule has 0 radical (unpaired) electrons. The average molecular weight is 483 g/mol. The van der Waals surface area contributed by atoms with Crippen LogP contribution in [0.25, 0.3) is 0 Å². The van der Waals surface area contributed by atoms with Gasteiger partial charge in [-0.15, -0.1) is 0 Å². The molecule has 0 unspecified atom stereocenters. The van der Waals surface area contributed by atoms with Gasteiger partial charge in [0.1, 0.15) is 0 Å².